The van der Waals surface area contributed by atoms with Gasteiger partial charge in [0.25, 0.3) is 5.91 Å². The molecule has 0 radical (unpaired) electrons. The monoisotopic (exact) mass is 277 g/mol. The topological polar surface area (TPSA) is 29.5 Å². The largest absolute Gasteiger partial charge is 0.381 e. The summed E-state index contributed by atoms with van der Waals surface area (Å²) in [7, 11) is 1.78. The Kier molecular flexibility index (Phi) is 3.31. The standard InChI is InChI=1S/C15H19NO2S/c1-11-4-3-5-12(6-11)14(17)16-9-15(10-16)7-13(18-2)8-19-15/h3-6,13H,7-10H2,1-2H3/t13-/m0/s1. The molecule has 2 aliphatic heterocycles. The Bertz CT molecular complexity index is 497. The Morgan fingerprint density at radius 3 is 2.89 bits per heavy atom. The molecule has 0 bridgehead atoms. The van der Waals surface area contributed by atoms with Crippen LogP contribution in [0.5, 0.6) is 0 Å². The maximum Gasteiger partial charge on any atom is 0.253 e. The van der Waals surface area contributed by atoms with Gasteiger partial charge in [-0.3, -0.25) is 4.79 Å². The molecule has 2 aliphatic rings. The number of rotatable bonds is 2. The number of nitrogens with zero attached hydrogens (tertiary/aromatic N) is 1. The van der Waals surface area contributed by atoms with E-state index in [0.29, 0.717) is 6.10 Å². The molecule has 2 saturated heterocycles. The molecule has 1 aromatic carbocycles. The minimum atomic E-state index is 0.163. The predicted molar refractivity (Wildman–Crippen MR) is 77.7 cm³/mol. The highest BCUT2D eigenvalue weighted by Crippen LogP contribution is 2.46. The number of hydrogen-bond acceptors (Lipinski definition) is 3. The van der Waals surface area contributed by atoms with Gasteiger partial charge in [-0.05, 0) is 25.5 Å². The second kappa shape index (κ2) is 4.84. The molecular formula is C15H19NO2S. The van der Waals surface area contributed by atoms with Crippen molar-refractivity contribution in [3.05, 3.63) is 35.4 Å². The minimum Gasteiger partial charge on any atom is -0.381 e. The van der Waals surface area contributed by atoms with Crippen LogP contribution in [0.15, 0.2) is 24.3 Å². The van der Waals surface area contributed by atoms with Crippen LogP contribution in [-0.2, 0) is 4.74 Å². The van der Waals surface area contributed by atoms with E-state index < -0.39 is 0 Å². The third kappa shape index (κ3) is 2.39. The third-order valence-electron chi connectivity index (χ3n) is 4.02. The van der Waals surface area contributed by atoms with Crippen molar-refractivity contribution in [2.75, 3.05) is 26.0 Å². The highest BCUT2D eigenvalue weighted by atomic mass is 32.2. The van der Waals surface area contributed by atoms with E-state index in [1.807, 2.05) is 47.9 Å². The van der Waals surface area contributed by atoms with E-state index in [9.17, 15) is 4.79 Å². The van der Waals surface area contributed by atoms with Crippen LogP contribution >= 0.6 is 11.8 Å². The van der Waals surface area contributed by atoms with Gasteiger partial charge in [0.05, 0.1) is 10.9 Å². The van der Waals surface area contributed by atoms with Gasteiger partial charge >= 0.3 is 0 Å². The summed E-state index contributed by atoms with van der Waals surface area (Å²) < 4.78 is 5.68. The lowest BCUT2D eigenvalue weighted by atomic mass is 9.92. The van der Waals surface area contributed by atoms with E-state index in [1.165, 1.54) is 0 Å². The first-order valence-electron chi connectivity index (χ1n) is 6.65. The van der Waals surface area contributed by atoms with E-state index in [-0.39, 0.29) is 10.7 Å². The van der Waals surface area contributed by atoms with Gasteiger partial charge in [0.1, 0.15) is 0 Å². The smallest absolute Gasteiger partial charge is 0.253 e. The van der Waals surface area contributed by atoms with Gasteiger partial charge in [-0.2, -0.15) is 0 Å². The fraction of sp³-hybridized carbons (Fsp3) is 0.533. The van der Waals surface area contributed by atoms with Gasteiger partial charge in [0, 0.05) is 31.5 Å². The highest BCUT2D eigenvalue weighted by molar-refractivity contribution is 8.01. The van der Waals surface area contributed by atoms with Crippen molar-refractivity contribution in [2.24, 2.45) is 0 Å². The van der Waals surface area contributed by atoms with Crippen LogP contribution in [0.4, 0.5) is 0 Å². The molecule has 1 amide bonds. The SMILES string of the molecule is CO[C@@H]1CSC2(C1)CN(C(=O)c1cccc(C)c1)C2. The molecule has 19 heavy (non-hydrogen) atoms. The quantitative estimate of drug-likeness (QED) is 0.831. The Labute approximate surface area is 118 Å². The molecule has 3 nitrogen and oxygen atoms in total. The molecular weight excluding hydrogens is 258 g/mol. The zero-order chi connectivity index (χ0) is 13.5. The number of benzene rings is 1. The van der Waals surface area contributed by atoms with Crippen molar-refractivity contribution in [3.8, 4) is 0 Å². The number of likely N-dealkylation sites (tertiary alicyclic amines) is 1. The molecule has 1 atom stereocenters. The number of ether oxygens (including phenoxy) is 1. The molecule has 102 valence electrons. The summed E-state index contributed by atoms with van der Waals surface area (Å²) in [4.78, 5) is 14.3. The number of aryl methyl sites for hydroxylation is 1. The lowest BCUT2D eigenvalue weighted by molar-refractivity contribution is 0.0452. The van der Waals surface area contributed by atoms with Crippen molar-refractivity contribution in [3.63, 3.8) is 0 Å². The van der Waals surface area contributed by atoms with Crippen LogP contribution in [-0.4, -0.2) is 47.6 Å². The fourth-order valence-corrected chi connectivity index (χ4v) is 4.52. The third-order valence-corrected chi connectivity index (χ3v) is 5.59. The maximum absolute atomic E-state index is 12.4. The van der Waals surface area contributed by atoms with E-state index in [0.717, 1.165) is 36.4 Å². The predicted octanol–water partition coefficient (Wildman–Crippen LogP) is 2.34. The molecule has 2 fully saturated rings. The molecule has 3 rings (SSSR count). The Morgan fingerprint density at radius 2 is 2.26 bits per heavy atom. The van der Waals surface area contributed by atoms with E-state index >= 15 is 0 Å². The molecule has 2 heterocycles. The lowest BCUT2D eigenvalue weighted by Gasteiger charge is -2.47. The van der Waals surface area contributed by atoms with Crippen molar-refractivity contribution in [2.45, 2.75) is 24.2 Å². The van der Waals surface area contributed by atoms with Crippen molar-refractivity contribution in [1.82, 2.24) is 4.90 Å². The molecule has 0 saturated carbocycles. The van der Waals surface area contributed by atoms with E-state index in [2.05, 4.69) is 0 Å². The van der Waals surface area contributed by atoms with Gasteiger partial charge in [0.2, 0.25) is 0 Å². The van der Waals surface area contributed by atoms with Crippen molar-refractivity contribution < 1.29 is 9.53 Å². The number of thioether (sulfide) groups is 1. The van der Waals surface area contributed by atoms with E-state index in [4.69, 9.17) is 4.74 Å². The summed E-state index contributed by atoms with van der Waals surface area (Å²) in [6.07, 6.45) is 1.44. The highest BCUT2D eigenvalue weighted by Gasteiger charge is 2.50. The molecule has 0 unspecified atom stereocenters. The first-order chi connectivity index (χ1) is 9.12. The van der Waals surface area contributed by atoms with Gasteiger partial charge in [-0.25, -0.2) is 0 Å². The van der Waals surface area contributed by atoms with Crippen LogP contribution in [0.2, 0.25) is 0 Å². The van der Waals surface area contributed by atoms with Crippen LogP contribution in [0.3, 0.4) is 0 Å². The summed E-state index contributed by atoms with van der Waals surface area (Å²) in [6, 6.07) is 7.83. The summed E-state index contributed by atoms with van der Waals surface area (Å²) in [5, 5.41) is 0. The summed E-state index contributed by atoms with van der Waals surface area (Å²) in [5.74, 6) is 1.22. The maximum atomic E-state index is 12.4. The second-order valence-corrected chi connectivity index (χ2v) is 7.07. The Hall–Kier alpha value is -1.00. The number of hydrogen-bond donors (Lipinski definition) is 0. The molecule has 1 spiro atoms. The molecule has 0 aromatic heterocycles. The first kappa shape index (κ1) is 13.0. The lowest BCUT2D eigenvalue weighted by Crippen LogP contribution is -2.60. The molecule has 0 N–H and O–H groups in total. The Balaban J connectivity index is 1.63. The number of carbonyl (C=O) groups excluding carboxylic acids is 1. The fourth-order valence-electron chi connectivity index (χ4n) is 2.93. The van der Waals surface area contributed by atoms with Gasteiger partial charge in [0.15, 0.2) is 0 Å². The van der Waals surface area contributed by atoms with Crippen LogP contribution in [0, 0.1) is 6.92 Å². The number of amides is 1. The van der Waals surface area contributed by atoms with Crippen LogP contribution < -0.4 is 0 Å². The molecule has 1 aromatic rings. The van der Waals surface area contributed by atoms with Crippen molar-refractivity contribution in [1.29, 1.82) is 0 Å². The van der Waals surface area contributed by atoms with Crippen molar-refractivity contribution >= 4 is 17.7 Å². The summed E-state index contributed by atoms with van der Waals surface area (Å²) >= 11 is 1.96. The average molecular weight is 277 g/mol. The average Bonchev–Trinajstić information content (AvgIpc) is 2.80. The van der Waals surface area contributed by atoms with Gasteiger partial charge < -0.3 is 9.64 Å². The zero-order valence-electron chi connectivity index (χ0n) is 11.4. The summed E-state index contributed by atoms with van der Waals surface area (Å²) in [6.45, 7) is 3.75. The zero-order valence-corrected chi connectivity index (χ0v) is 12.2. The minimum absolute atomic E-state index is 0.163. The second-order valence-electron chi connectivity index (χ2n) is 5.59. The van der Waals surface area contributed by atoms with Gasteiger partial charge in [-0.15, -0.1) is 11.8 Å². The first-order valence-corrected chi connectivity index (χ1v) is 7.63. The van der Waals surface area contributed by atoms with E-state index in [1.54, 1.807) is 7.11 Å². The molecule has 0 aliphatic carbocycles. The Morgan fingerprint density at radius 1 is 1.47 bits per heavy atom. The normalized spacial score (nSPS) is 24.5. The number of carbonyl (C=O) groups is 1. The van der Waals surface area contributed by atoms with Crippen LogP contribution in [0.1, 0.15) is 22.3 Å². The molecule has 4 heteroatoms. The number of methoxy groups -OCH3 is 1. The van der Waals surface area contributed by atoms with Gasteiger partial charge in [-0.1, -0.05) is 17.7 Å². The summed E-state index contributed by atoms with van der Waals surface area (Å²) in [5.41, 5.74) is 1.94. The van der Waals surface area contributed by atoms with Crippen LogP contribution in [0.25, 0.3) is 0 Å².